The summed E-state index contributed by atoms with van der Waals surface area (Å²) in [6.07, 6.45) is 2.76. The quantitative estimate of drug-likeness (QED) is 0.834. The molecule has 16 heavy (non-hydrogen) atoms. The summed E-state index contributed by atoms with van der Waals surface area (Å²) in [5, 5.41) is 0.519. The molecule has 2 N–H and O–H groups in total. The monoisotopic (exact) mass is 243 g/mol. The zero-order valence-corrected chi connectivity index (χ0v) is 8.88. The minimum atomic E-state index is -2.85. The fraction of sp³-hybridized carbons (Fsp3) is 0.300. The van der Waals surface area contributed by atoms with Crippen molar-refractivity contribution in [3.05, 3.63) is 35.2 Å². The number of aromatic nitrogens is 2. The Bertz CT molecular complexity index is 580. The third-order valence-electron chi connectivity index (χ3n) is 2.90. The van der Waals surface area contributed by atoms with E-state index in [1.807, 2.05) is 0 Å². The van der Waals surface area contributed by atoms with E-state index in [9.17, 15) is 8.78 Å². The highest BCUT2D eigenvalue weighted by atomic mass is 35.5. The van der Waals surface area contributed by atoms with Crippen molar-refractivity contribution in [1.82, 2.24) is 9.38 Å². The summed E-state index contributed by atoms with van der Waals surface area (Å²) < 4.78 is 27.7. The van der Waals surface area contributed by atoms with Gasteiger partial charge in [-0.25, -0.2) is 13.8 Å². The van der Waals surface area contributed by atoms with Crippen LogP contribution in [0.25, 0.3) is 5.65 Å². The number of halogens is 3. The average molecular weight is 244 g/mol. The van der Waals surface area contributed by atoms with E-state index < -0.39 is 11.5 Å². The van der Waals surface area contributed by atoms with Crippen molar-refractivity contribution in [3.8, 4) is 0 Å². The molecular formula is C10H8ClF2N3. The number of pyridine rings is 1. The molecule has 2 aromatic heterocycles. The van der Waals surface area contributed by atoms with Crippen LogP contribution < -0.4 is 5.73 Å². The molecule has 0 radical (unpaired) electrons. The van der Waals surface area contributed by atoms with Gasteiger partial charge in [0, 0.05) is 18.8 Å². The first-order valence-corrected chi connectivity index (χ1v) is 5.12. The van der Waals surface area contributed by atoms with Crippen LogP contribution >= 0.6 is 11.6 Å². The molecule has 0 amide bonds. The van der Waals surface area contributed by atoms with Gasteiger partial charge in [0.1, 0.15) is 11.2 Å². The predicted octanol–water partition coefficient (Wildman–Crippen LogP) is 2.18. The number of imidazole rings is 1. The van der Waals surface area contributed by atoms with Crippen LogP contribution in [0.4, 0.5) is 8.78 Å². The number of nitrogens with zero attached hydrogens (tertiary/aromatic N) is 2. The fourth-order valence-corrected chi connectivity index (χ4v) is 1.93. The second kappa shape index (κ2) is 2.73. The first-order chi connectivity index (χ1) is 7.42. The first kappa shape index (κ1) is 9.99. The third kappa shape index (κ3) is 1.18. The Kier molecular flexibility index (Phi) is 1.70. The smallest absolute Gasteiger partial charge is 0.274 e. The second-order valence-electron chi connectivity index (χ2n) is 4.09. The van der Waals surface area contributed by atoms with Gasteiger partial charge in [0.25, 0.3) is 5.92 Å². The molecule has 0 saturated heterocycles. The molecule has 0 aromatic carbocycles. The Morgan fingerprint density at radius 2 is 2.06 bits per heavy atom. The van der Waals surface area contributed by atoms with Crippen molar-refractivity contribution in [2.75, 3.05) is 0 Å². The molecule has 0 spiro atoms. The Morgan fingerprint density at radius 3 is 2.69 bits per heavy atom. The van der Waals surface area contributed by atoms with Gasteiger partial charge in [-0.15, -0.1) is 0 Å². The Morgan fingerprint density at radius 1 is 1.38 bits per heavy atom. The zero-order valence-electron chi connectivity index (χ0n) is 8.12. The molecular weight excluding hydrogens is 236 g/mol. The van der Waals surface area contributed by atoms with Crippen molar-refractivity contribution in [2.45, 2.75) is 17.9 Å². The normalized spacial score (nSPS) is 27.2. The summed E-state index contributed by atoms with van der Waals surface area (Å²) >= 11 is 5.79. The van der Waals surface area contributed by atoms with Crippen molar-refractivity contribution in [3.63, 3.8) is 0 Å². The van der Waals surface area contributed by atoms with Crippen molar-refractivity contribution >= 4 is 17.2 Å². The minimum absolute atomic E-state index is 0.208. The molecule has 1 unspecified atom stereocenters. The summed E-state index contributed by atoms with van der Waals surface area (Å²) in [6.45, 7) is 0. The van der Waals surface area contributed by atoms with Crippen LogP contribution in [-0.2, 0) is 5.54 Å². The molecule has 1 atom stereocenters. The van der Waals surface area contributed by atoms with Gasteiger partial charge >= 0.3 is 0 Å². The lowest BCUT2D eigenvalue weighted by molar-refractivity contribution is 0.0882. The van der Waals surface area contributed by atoms with Gasteiger partial charge in [-0.3, -0.25) is 0 Å². The molecule has 1 saturated carbocycles. The van der Waals surface area contributed by atoms with E-state index in [0.29, 0.717) is 10.7 Å². The largest absolute Gasteiger partial charge is 0.315 e. The van der Waals surface area contributed by atoms with Gasteiger partial charge < -0.3 is 10.1 Å². The van der Waals surface area contributed by atoms with Gasteiger partial charge in [0.05, 0.1) is 10.7 Å². The van der Waals surface area contributed by atoms with E-state index >= 15 is 0 Å². The van der Waals surface area contributed by atoms with Crippen molar-refractivity contribution in [1.29, 1.82) is 0 Å². The number of hydrogen-bond donors (Lipinski definition) is 1. The standard InChI is InChI=1S/C10H8ClF2N3/c11-6-1-2-8-15-7(4-16(8)3-6)9(14)5-10(9,12)13/h1-4H,5,14H2. The van der Waals surface area contributed by atoms with E-state index in [1.165, 1.54) is 6.20 Å². The molecule has 0 bridgehead atoms. The highest BCUT2D eigenvalue weighted by Gasteiger charge is 2.71. The van der Waals surface area contributed by atoms with Crippen LogP contribution in [0.5, 0.6) is 0 Å². The highest BCUT2D eigenvalue weighted by molar-refractivity contribution is 6.30. The number of rotatable bonds is 1. The van der Waals surface area contributed by atoms with Crippen molar-refractivity contribution in [2.24, 2.45) is 5.73 Å². The number of fused-ring (bicyclic) bond motifs is 1. The summed E-state index contributed by atoms with van der Waals surface area (Å²) in [5.74, 6) is -2.85. The molecule has 3 nitrogen and oxygen atoms in total. The molecule has 1 aliphatic carbocycles. The zero-order chi connectivity index (χ0) is 11.6. The topological polar surface area (TPSA) is 43.3 Å². The molecule has 2 heterocycles. The second-order valence-corrected chi connectivity index (χ2v) is 4.53. The summed E-state index contributed by atoms with van der Waals surface area (Å²) in [6, 6.07) is 3.32. The van der Waals surface area contributed by atoms with Crippen LogP contribution in [0.15, 0.2) is 24.5 Å². The fourth-order valence-electron chi connectivity index (χ4n) is 1.76. The average Bonchev–Trinajstić information content (AvgIpc) is 2.60. The third-order valence-corrected chi connectivity index (χ3v) is 3.12. The van der Waals surface area contributed by atoms with Crippen LogP contribution in [-0.4, -0.2) is 15.3 Å². The maximum atomic E-state index is 13.1. The predicted molar refractivity (Wildman–Crippen MR) is 55.6 cm³/mol. The number of nitrogens with two attached hydrogens (primary N) is 1. The highest BCUT2D eigenvalue weighted by Crippen LogP contribution is 2.57. The van der Waals surface area contributed by atoms with Gasteiger partial charge in [-0.2, -0.15) is 0 Å². The molecule has 2 aromatic rings. The summed E-state index contributed by atoms with van der Waals surface area (Å²) in [4.78, 5) is 4.08. The molecule has 0 aliphatic heterocycles. The molecule has 3 rings (SSSR count). The maximum Gasteiger partial charge on any atom is 0.274 e. The van der Waals surface area contributed by atoms with Crippen LogP contribution in [0, 0.1) is 0 Å². The summed E-state index contributed by atoms with van der Waals surface area (Å²) in [7, 11) is 0. The lowest BCUT2D eigenvalue weighted by Gasteiger charge is -2.04. The van der Waals surface area contributed by atoms with Gasteiger partial charge in [0.15, 0.2) is 0 Å². The van der Waals surface area contributed by atoms with E-state index in [-0.39, 0.29) is 12.1 Å². The van der Waals surface area contributed by atoms with E-state index in [2.05, 4.69) is 4.98 Å². The Labute approximate surface area is 94.8 Å². The number of hydrogen-bond acceptors (Lipinski definition) is 2. The maximum absolute atomic E-state index is 13.1. The minimum Gasteiger partial charge on any atom is -0.315 e. The molecule has 6 heteroatoms. The molecule has 84 valence electrons. The van der Waals surface area contributed by atoms with Gasteiger partial charge in [-0.05, 0) is 12.1 Å². The SMILES string of the molecule is NC1(c2cn3cc(Cl)ccc3n2)CC1(F)F. The van der Waals surface area contributed by atoms with E-state index in [4.69, 9.17) is 17.3 Å². The van der Waals surface area contributed by atoms with Gasteiger partial charge in [-0.1, -0.05) is 11.6 Å². The van der Waals surface area contributed by atoms with Crippen LogP contribution in [0.3, 0.4) is 0 Å². The molecule has 1 aliphatic rings. The Hall–Kier alpha value is -1.20. The van der Waals surface area contributed by atoms with Crippen LogP contribution in [0.1, 0.15) is 12.1 Å². The number of alkyl halides is 2. The first-order valence-electron chi connectivity index (χ1n) is 4.74. The van der Waals surface area contributed by atoms with Gasteiger partial charge in [0.2, 0.25) is 0 Å². The summed E-state index contributed by atoms with van der Waals surface area (Å²) in [5.41, 5.74) is 4.75. The van der Waals surface area contributed by atoms with E-state index in [1.54, 1.807) is 22.7 Å². The molecule has 1 fully saturated rings. The van der Waals surface area contributed by atoms with Crippen LogP contribution in [0.2, 0.25) is 5.02 Å². The lowest BCUT2D eigenvalue weighted by atomic mass is 10.2. The lowest BCUT2D eigenvalue weighted by Crippen LogP contribution is -2.27. The van der Waals surface area contributed by atoms with Crippen molar-refractivity contribution < 1.29 is 8.78 Å². The Balaban J connectivity index is 2.14. The van der Waals surface area contributed by atoms with E-state index in [0.717, 1.165) is 0 Å².